The molecule has 19 heteroatoms. The van der Waals surface area contributed by atoms with Crippen LogP contribution >= 0.6 is 12.6 Å². The van der Waals surface area contributed by atoms with Gasteiger partial charge in [0.15, 0.2) is 12.6 Å². The molecule has 1 aromatic heterocycles. The number of rotatable bonds is 26. The molecule has 332 valence electrons. The highest BCUT2D eigenvalue weighted by Gasteiger charge is 2.53. The second-order valence-corrected chi connectivity index (χ2v) is 15.9. The van der Waals surface area contributed by atoms with Crippen LogP contribution in [0.3, 0.4) is 0 Å². The van der Waals surface area contributed by atoms with E-state index in [0.717, 1.165) is 19.3 Å². The van der Waals surface area contributed by atoms with Crippen LogP contribution in [0.15, 0.2) is 6.20 Å². The van der Waals surface area contributed by atoms with Crippen LogP contribution in [0.25, 0.3) is 0 Å². The largest absolute Gasteiger partial charge is 0.443 e. The SMILES string of the molecule is CCCCCCCCCCCCCCCCCCn1cc(O[C@@H]2O[C@H](CO)[C@@H](O[C@@H]3O[C@H](CO)[C@@H](O[C@@H]4O[C@H](CS)[C@H](O)[C@H](O)[C@H]4O)[C@H](O)[C@H]3O)[C@H](O)[C@H]2O)nn1. The van der Waals surface area contributed by atoms with Crippen molar-refractivity contribution in [3.05, 3.63) is 6.20 Å². The van der Waals surface area contributed by atoms with Gasteiger partial charge in [-0.25, -0.2) is 4.68 Å². The highest BCUT2D eigenvalue weighted by molar-refractivity contribution is 7.80. The van der Waals surface area contributed by atoms with Crippen LogP contribution < -0.4 is 4.74 Å². The summed E-state index contributed by atoms with van der Waals surface area (Å²) in [5, 5.41) is 103. The number of unbranched alkanes of at least 4 members (excludes halogenated alkanes) is 15. The highest BCUT2D eigenvalue weighted by Crippen LogP contribution is 2.33. The van der Waals surface area contributed by atoms with Gasteiger partial charge in [-0.3, -0.25) is 0 Å². The fourth-order valence-electron chi connectivity index (χ4n) is 7.53. The number of aliphatic hydroxyl groups excluding tert-OH is 9. The number of aryl methyl sites for hydroxylation is 1. The van der Waals surface area contributed by atoms with E-state index in [-0.39, 0.29) is 11.6 Å². The Morgan fingerprint density at radius 1 is 0.561 bits per heavy atom. The molecule has 0 unspecified atom stereocenters. The Morgan fingerprint density at radius 2 is 0.982 bits per heavy atom. The summed E-state index contributed by atoms with van der Waals surface area (Å²) in [6, 6.07) is 0. The molecule has 4 rings (SSSR count). The molecule has 15 atom stereocenters. The summed E-state index contributed by atoms with van der Waals surface area (Å²) in [7, 11) is 0. The smallest absolute Gasteiger partial charge is 0.255 e. The van der Waals surface area contributed by atoms with Crippen molar-refractivity contribution in [1.29, 1.82) is 0 Å². The van der Waals surface area contributed by atoms with Gasteiger partial charge in [0, 0.05) is 12.3 Å². The molecule has 9 N–H and O–H groups in total. The maximum Gasteiger partial charge on any atom is 0.255 e. The second-order valence-electron chi connectivity index (χ2n) is 15.6. The third kappa shape index (κ3) is 14.1. The van der Waals surface area contributed by atoms with Crippen molar-refractivity contribution < 1.29 is 74.4 Å². The molecule has 0 saturated carbocycles. The molecule has 3 saturated heterocycles. The van der Waals surface area contributed by atoms with Crippen molar-refractivity contribution in [3.63, 3.8) is 0 Å². The van der Waals surface area contributed by atoms with Crippen molar-refractivity contribution in [2.75, 3.05) is 19.0 Å². The molecule has 0 amide bonds. The van der Waals surface area contributed by atoms with E-state index in [0.29, 0.717) is 6.54 Å². The maximum absolute atomic E-state index is 11.0. The molecular weight excluding hydrogens is 770 g/mol. The molecule has 0 aromatic carbocycles. The zero-order valence-electron chi connectivity index (χ0n) is 33.1. The minimum Gasteiger partial charge on any atom is -0.443 e. The Balaban J connectivity index is 1.16. The van der Waals surface area contributed by atoms with Gasteiger partial charge < -0.3 is 74.4 Å². The summed E-state index contributed by atoms with van der Waals surface area (Å²) in [6.45, 7) is 1.36. The van der Waals surface area contributed by atoms with Crippen LogP contribution in [-0.4, -0.2) is 172 Å². The van der Waals surface area contributed by atoms with Crippen LogP contribution in [0.1, 0.15) is 110 Å². The molecule has 0 bridgehead atoms. The lowest BCUT2D eigenvalue weighted by Gasteiger charge is -2.48. The summed E-state index contributed by atoms with van der Waals surface area (Å²) in [5.41, 5.74) is 0. The monoisotopic (exact) mass is 839 g/mol. The first-order chi connectivity index (χ1) is 27.5. The third-order valence-electron chi connectivity index (χ3n) is 11.1. The summed E-state index contributed by atoms with van der Waals surface area (Å²) in [5.74, 6) is -0.0224. The van der Waals surface area contributed by atoms with Crippen LogP contribution in [0.5, 0.6) is 5.88 Å². The number of hydrogen-bond acceptors (Lipinski definition) is 18. The van der Waals surface area contributed by atoms with Crippen LogP contribution in [0.2, 0.25) is 0 Å². The Kier molecular flexibility index (Phi) is 21.6. The fourth-order valence-corrected chi connectivity index (χ4v) is 7.83. The van der Waals surface area contributed by atoms with Crippen molar-refractivity contribution in [3.8, 4) is 5.88 Å². The number of nitrogens with zero attached hydrogens (tertiary/aromatic N) is 3. The van der Waals surface area contributed by atoms with E-state index in [1.807, 2.05) is 0 Å². The Hall–Kier alpha value is -1.27. The van der Waals surface area contributed by atoms with Gasteiger partial charge in [0.25, 0.3) is 5.88 Å². The first-order valence-corrected chi connectivity index (χ1v) is 21.6. The Labute approximate surface area is 340 Å². The summed E-state index contributed by atoms with van der Waals surface area (Å²) in [6.07, 6.45) is -1.85. The topological polar surface area (TPSA) is 268 Å². The molecule has 0 radical (unpaired) electrons. The molecule has 3 fully saturated rings. The lowest BCUT2D eigenvalue weighted by molar-refractivity contribution is -0.375. The minimum atomic E-state index is -1.89. The lowest BCUT2D eigenvalue weighted by Crippen LogP contribution is -2.66. The van der Waals surface area contributed by atoms with Crippen molar-refractivity contribution >= 4 is 12.6 Å². The van der Waals surface area contributed by atoms with Gasteiger partial charge in [-0.1, -0.05) is 114 Å². The molecule has 3 aliphatic rings. The highest BCUT2D eigenvalue weighted by atomic mass is 32.1. The lowest BCUT2D eigenvalue weighted by atomic mass is 9.96. The summed E-state index contributed by atoms with van der Waals surface area (Å²) >= 11 is 4.06. The van der Waals surface area contributed by atoms with Crippen molar-refractivity contribution in [2.24, 2.45) is 0 Å². The van der Waals surface area contributed by atoms with E-state index < -0.39 is 105 Å². The molecule has 1 aromatic rings. The average molecular weight is 840 g/mol. The number of ether oxygens (including phenoxy) is 6. The quantitative estimate of drug-likeness (QED) is 0.0444. The van der Waals surface area contributed by atoms with Gasteiger partial charge in [0.2, 0.25) is 6.29 Å². The van der Waals surface area contributed by atoms with Crippen LogP contribution in [0, 0.1) is 0 Å². The predicted molar refractivity (Wildman–Crippen MR) is 206 cm³/mol. The van der Waals surface area contributed by atoms with Crippen molar-refractivity contribution in [1.82, 2.24) is 15.0 Å². The second kappa shape index (κ2) is 25.5. The third-order valence-corrected chi connectivity index (χ3v) is 11.4. The Morgan fingerprint density at radius 3 is 1.46 bits per heavy atom. The van der Waals surface area contributed by atoms with Gasteiger partial charge >= 0.3 is 0 Å². The molecule has 57 heavy (non-hydrogen) atoms. The molecule has 3 aliphatic heterocycles. The molecule has 4 heterocycles. The number of aliphatic hydroxyl groups is 9. The summed E-state index contributed by atoms with van der Waals surface area (Å²) in [4.78, 5) is 0. The summed E-state index contributed by atoms with van der Waals surface area (Å²) < 4.78 is 35.5. The maximum atomic E-state index is 11.0. The van der Waals surface area contributed by atoms with E-state index in [1.54, 1.807) is 10.9 Å². The van der Waals surface area contributed by atoms with Gasteiger partial charge in [-0.05, 0) is 6.42 Å². The van der Waals surface area contributed by atoms with E-state index in [9.17, 15) is 46.0 Å². The van der Waals surface area contributed by atoms with E-state index in [1.165, 1.54) is 83.5 Å². The molecule has 0 spiro atoms. The van der Waals surface area contributed by atoms with Crippen LogP contribution in [-0.2, 0) is 30.2 Å². The Bertz CT molecular complexity index is 1220. The average Bonchev–Trinajstić information content (AvgIpc) is 3.66. The normalized spacial score (nSPS) is 36.1. The van der Waals surface area contributed by atoms with E-state index in [2.05, 4.69) is 29.9 Å². The number of thiol groups is 1. The standard InChI is InChI=1S/C38H69N3O15S/c1-2-3-4-5-6-7-8-9-10-11-12-13-14-15-16-17-18-41-19-26(39-40-41)54-36-32(49)29(46)34(23(20-42)51-36)56-38-33(50)30(47)35(24(21-43)52-38)55-37-31(48)28(45)27(44)25(22-57)53-37/h19,23-25,27-38,42-50,57H,2-18,20-22H2,1H3/t23-,24-,25-,27+,28+,29-,30-,31-,32-,33-,34-,35-,36+,37+,38+/m1/s1. The molecule has 18 nitrogen and oxygen atoms in total. The minimum absolute atomic E-state index is 0.0274. The van der Waals surface area contributed by atoms with Gasteiger partial charge in [-0.2, -0.15) is 12.6 Å². The van der Waals surface area contributed by atoms with Crippen molar-refractivity contribution in [2.45, 2.75) is 208 Å². The number of hydrogen-bond donors (Lipinski definition) is 10. The molecule has 0 aliphatic carbocycles. The zero-order chi connectivity index (χ0) is 41.3. The fraction of sp³-hybridized carbons (Fsp3) is 0.947. The van der Waals surface area contributed by atoms with E-state index >= 15 is 0 Å². The van der Waals surface area contributed by atoms with E-state index in [4.69, 9.17) is 28.4 Å². The van der Waals surface area contributed by atoms with Crippen LogP contribution in [0.4, 0.5) is 0 Å². The number of aromatic nitrogens is 3. The zero-order valence-corrected chi connectivity index (χ0v) is 34.0. The first kappa shape index (κ1) is 48.4. The van der Waals surface area contributed by atoms with Gasteiger partial charge in [0.1, 0.15) is 67.1 Å². The van der Waals surface area contributed by atoms with Gasteiger partial charge in [0.05, 0.1) is 25.5 Å². The van der Waals surface area contributed by atoms with Gasteiger partial charge in [-0.15, -0.1) is 0 Å². The predicted octanol–water partition coefficient (Wildman–Crippen LogP) is 0.304. The molecular formula is C38H69N3O15S. The first-order valence-electron chi connectivity index (χ1n) is 21.0.